The van der Waals surface area contributed by atoms with Crippen LogP contribution in [0.2, 0.25) is 0 Å². The monoisotopic (exact) mass is 334 g/mol. The zero-order valence-electron chi connectivity index (χ0n) is 13.4. The van der Waals surface area contributed by atoms with Gasteiger partial charge in [0.2, 0.25) is 0 Å². The Labute approximate surface area is 144 Å². The predicted molar refractivity (Wildman–Crippen MR) is 98.5 cm³/mol. The highest BCUT2D eigenvalue weighted by molar-refractivity contribution is 7.07. The number of nitrogens with one attached hydrogen (secondary N) is 1. The average Bonchev–Trinajstić information content (AvgIpc) is 3.18. The Morgan fingerprint density at radius 1 is 1.21 bits per heavy atom. The highest BCUT2D eigenvalue weighted by atomic mass is 32.1. The minimum absolute atomic E-state index is 0.889. The summed E-state index contributed by atoms with van der Waals surface area (Å²) in [5.41, 5.74) is 4.67. The fourth-order valence-electron chi connectivity index (χ4n) is 2.88. The lowest BCUT2D eigenvalue weighted by Crippen LogP contribution is -2.17. The van der Waals surface area contributed by atoms with E-state index >= 15 is 0 Å². The second-order valence-electron chi connectivity index (χ2n) is 5.74. The summed E-state index contributed by atoms with van der Waals surface area (Å²) in [4.78, 5) is 13.2. The van der Waals surface area contributed by atoms with Crippen molar-refractivity contribution < 1.29 is 0 Å². The smallest absolute Gasteiger partial charge is 0.190 e. The number of hydrogen-bond acceptors (Lipinski definition) is 3. The van der Waals surface area contributed by atoms with E-state index in [-0.39, 0.29) is 0 Å². The predicted octanol–water partition coefficient (Wildman–Crippen LogP) is 4.21. The highest BCUT2D eigenvalue weighted by Gasteiger charge is 2.06. The molecule has 0 aliphatic heterocycles. The fourth-order valence-corrected chi connectivity index (χ4v) is 3.80. The lowest BCUT2D eigenvalue weighted by atomic mass is 10.1. The van der Waals surface area contributed by atoms with E-state index in [9.17, 15) is 0 Å². The summed E-state index contributed by atoms with van der Waals surface area (Å²) in [5.74, 6) is 0. The normalized spacial score (nSPS) is 12.1. The molecule has 0 amide bonds. The van der Waals surface area contributed by atoms with E-state index in [2.05, 4.69) is 57.3 Å². The van der Waals surface area contributed by atoms with Crippen molar-refractivity contribution in [3.8, 4) is 0 Å². The molecule has 5 heteroatoms. The molecule has 4 nitrogen and oxygen atoms in total. The van der Waals surface area contributed by atoms with Gasteiger partial charge in [-0.2, -0.15) is 0 Å². The van der Waals surface area contributed by atoms with Crippen LogP contribution in [-0.4, -0.2) is 14.5 Å². The van der Waals surface area contributed by atoms with Gasteiger partial charge < -0.3 is 9.55 Å². The molecule has 3 heterocycles. The number of nitrogens with zero attached hydrogens (tertiary/aromatic N) is 3. The summed E-state index contributed by atoms with van der Waals surface area (Å²) < 4.78 is 2.28. The number of aryl methyl sites for hydroxylation is 2. The number of H-pyrrole nitrogens is 1. The summed E-state index contributed by atoms with van der Waals surface area (Å²) in [5, 5.41) is 3.46. The van der Waals surface area contributed by atoms with Crippen molar-refractivity contribution in [1.29, 1.82) is 0 Å². The van der Waals surface area contributed by atoms with E-state index in [0.29, 0.717) is 0 Å². The largest absolute Gasteiger partial charge is 0.361 e. The molecule has 0 atom stereocenters. The molecule has 120 valence electrons. The summed E-state index contributed by atoms with van der Waals surface area (Å²) in [6.45, 7) is 3.05. The molecule has 0 radical (unpaired) electrons. The van der Waals surface area contributed by atoms with Gasteiger partial charge in [0, 0.05) is 40.9 Å². The van der Waals surface area contributed by atoms with Gasteiger partial charge in [-0.1, -0.05) is 18.2 Å². The van der Waals surface area contributed by atoms with Gasteiger partial charge in [0.05, 0.1) is 11.9 Å². The van der Waals surface area contributed by atoms with Crippen LogP contribution in [0.3, 0.4) is 0 Å². The Kier molecular flexibility index (Phi) is 4.01. The number of rotatable bonds is 4. The minimum atomic E-state index is 0.889. The summed E-state index contributed by atoms with van der Waals surface area (Å²) in [6, 6.07) is 12.3. The van der Waals surface area contributed by atoms with Crippen molar-refractivity contribution in [2.45, 2.75) is 19.9 Å². The van der Waals surface area contributed by atoms with Crippen LogP contribution < -0.4 is 4.80 Å². The Balaban J connectivity index is 1.64. The molecule has 24 heavy (non-hydrogen) atoms. The van der Waals surface area contributed by atoms with Crippen molar-refractivity contribution in [2.75, 3.05) is 0 Å². The highest BCUT2D eigenvalue weighted by Crippen LogP contribution is 2.19. The molecule has 0 fully saturated rings. The quantitative estimate of drug-likeness (QED) is 0.597. The van der Waals surface area contributed by atoms with Gasteiger partial charge in [-0.15, -0.1) is 11.3 Å². The first-order valence-corrected chi connectivity index (χ1v) is 8.84. The van der Waals surface area contributed by atoms with Crippen molar-refractivity contribution >= 4 is 27.9 Å². The second kappa shape index (κ2) is 6.45. The molecule has 0 bridgehead atoms. The number of aromatic nitrogens is 3. The van der Waals surface area contributed by atoms with Gasteiger partial charge in [0.15, 0.2) is 4.80 Å². The van der Waals surface area contributed by atoms with Gasteiger partial charge >= 0.3 is 0 Å². The van der Waals surface area contributed by atoms with Crippen molar-refractivity contribution in [3.05, 3.63) is 76.4 Å². The van der Waals surface area contributed by atoms with Gasteiger partial charge in [0.1, 0.15) is 0 Å². The number of benzene rings is 1. The van der Waals surface area contributed by atoms with Crippen LogP contribution in [-0.2, 0) is 13.0 Å². The Hall–Kier alpha value is -2.66. The van der Waals surface area contributed by atoms with Gasteiger partial charge in [-0.25, -0.2) is 4.99 Å². The van der Waals surface area contributed by atoms with Crippen LogP contribution in [0.25, 0.3) is 10.9 Å². The second-order valence-corrected chi connectivity index (χ2v) is 6.58. The topological polar surface area (TPSA) is 46.0 Å². The maximum atomic E-state index is 4.74. The first-order chi connectivity index (χ1) is 11.8. The first kappa shape index (κ1) is 14.9. The Morgan fingerprint density at radius 3 is 3.00 bits per heavy atom. The van der Waals surface area contributed by atoms with Crippen LogP contribution in [0.1, 0.15) is 11.3 Å². The molecule has 0 saturated heterocycles. The van der Waals surface area contributed by atoms with E-state index in [1.54, 1.807) is 23.7 Å². The van der Waals surface area contributed by atoms with Crippen molar-refractivity contribution in [2.24, 2.45) is 4.99 Å². The van der Waals surface area contributed by atoms with Crippen LogP contribution in [0.4, 0.5) is 5.69 Å². The third-order valence-corrected chi connectivity index (χ3v) is 5.12. The van der Waals surface area contributed by atoms with Gasteiger partial charge in [0.25, 0.3) is 0 Å². The molecule has 4 aromatic rings. The van der Waals surface area contributed by atoms with Gasteiger partial charge in [-0.3, -0.25) is 4.98 Å². The third kappa shape index (κ3) is 2.90. The molecular formula is C19H18N4S. The number of para-hydroxylation sites is 1. The molecule has 0 spiro atoms. The van der Waals surface area contributed by atoms with E-state index in [4.69, 9.17) is 4.99 Å². The zero-order valence-corrected chi connectivity index (χ0v) is 14.3. The molecule has 1 aromatic carbocycles. The number of hydrogen-bond donors (Lipinski definition) is 1. The number of fused-ring (bicyclic) bond motifs is 1. The zero-order chi connectivity index (χ0) is 16.4. The van der Waals surface area contributed by atoms with E-state index in [0.717, 1.165) is 23.5 Å². The summed E-state index contributed by atoms with van der Waals surface area (Å²) in [6.07, 6.45) is 6.65. The molecule has 3 aromatic heterocycles. The molecule has 0 aliphatic rings. The van der Waals surface area contributed by atoms with E-state index in [1.807, 2.05) is 12.1 Å². The van der Waals surface area contributed by atoms with Crippen LogP contribution in [0, 0.1) is 6.92 Å². The number of thiazole rings is 1. The van der Waals surface area contributed by atoms with Crippen molar-refractivity contribution in [1.82, 2.24) is 14.5 Å². The van der Waals surface area contributed by atoms with E-state index in [1.165, 1.54) is 22.2 Å². The Bertz CT molecular complexity index is 1020. The van der Waals surface area contributed by atoms with Crippen LogP contribution >= 0.6 is 11.3 Å². The van der Waals surface area contributed by atoms with Crippen LogP contribution in [0.5, 0.6) is 0 Å². The maximum Gasteiger partial charge on any atom is 0.190 e. The standard InChI is InChI=1S/C19H18N4S/c1-14-13-24-19(22-16-5-4-9-20-12-16)23(14)10-8-15-11-21-18-7-3-2-6-17(15)18/h2-7,9,11-13,21H,8,10H2,1H3. The molecule has 0 unspecified atom stereocenters. The molecule has 1 N–H and O–H groups in total. The van der Waals surface area contributed by atoms with Gasteiger partial charge in [-0.05, 0) is 37.1 Å². The molecule has 4 rings (SSSR count). The number of pyridine rings is 1. The lowest BCUT2D eigenvalue weighted by molar-refractivity contribution is 0.660. The third-order valence-electron chi connectivity index (χ3n) is 4.14. The molecular weight excluding hydrogens is 316 g/mol. The molecule has 0 aliphatic carbocycles. The average molecular weight is 334 g/mol. The van der Waals surface area contributed by atoms with Crippen molar-refractivity contribution in [3.63, 3.8) is 0 Å². The van der Waals surface area contributed by atoms with E-state index < -0.39 is 0 Å². The number of aromatic amines is 1. The van der Waals surface area contributed by atoms with Crippen LogP contribution in [0.15, 0.2) is 65.4 Å². The summed E-state index contributed by atoms with van der Waals surface area (Å²) in [7, 11) is 0. The maximum absolute atomic E-state index is 4.74. The fraction of sp³-hybridized carbons (Fsp3) is 0.158. The summed E-state index contributed by atoms with van der Waals surface area (Å²) >= 11 is 1.67. The molecule has 0 saturated carbocycles. The first-order valence-electron chi connectivity index (χ1n) is 7.96. The lowest BCUT2D eigenvalue weighted by Gasteiger charge is -2.05. The minimum Gasteiger partial charge on any atom is -0.361 e. The SMILES string of the molecule is Cc1csc(=Nc2cccnc2)n1CCc1c[nH]c2ccccc12. The Morgan fingerprint density at radius 2 is 2.12 bits per heavy atom.